The zero-order valence-corrected chi connectivity index (χ0v) is 26.5. The molecule has 2 aliphatic heterocycles. The quantitative estimate of drug-likeness (QED) is 0.294. The third kappa shape index (κ3) is 8.87. The number of piperidine rings is 2. The van der Waals surface area contributed by atoms with Crippen molar-refractivity contribution in [2.45, 2.75) is 115 Å². The Labute approximate surface area is 256 Å². The molecule has 2 aliphatic rings. The summed E-state index contributed by atoms with van der Waals surface area (Å²) in [6.07, 6.45) is 6.33. The van der Waals surface area contributed by atoms with E-state index in [-0.39, 0.29) is 40.7 Å². The van der Waals surface area contributed by atoms with Crippen molar-refractivity contribution in [3.05, 3.63) is 70.1 Å². The molecule has 0 aromatic heterocycles. The Morgan fingerprint density at radius 1 is 0.610 bits per heavy atom. The number of phenolic OH excluding ortho intramolecular Hbond substituents is 2. The number of aromatic hydroxyl groups is 2. The van der Waals surface area contributed by atoms with Crippen LogP contribution < -0.4 is 0 Å². The van der Waals surface area contributed by atoms with E-state index in [4.69, 9.17) is 0 Å². The zero-order chi connectivity index (χ0) is 29.9. The second-order valence-electron chi connectivity index (χ2n) is 13.6. The molecule has 1 radical (unpaired) electrons. The average Bonchev–Trinajstić information content (AvgIpc) is 2.85. The molecule has 2 aromatic rings. The minimum absolute atomic E-state index is 0. The summed E-state index contributed by atoms with van der Waals surface area (Å²) >= 11 is 0. The van der Waals surface area contributed by atoms with E-state index < -0.39 is 22.2 Å². The van der Waals surface area contributed by atoms with E-state index in [1.54, 1.807) is 36.7 Å². The normalized spacial score (nSPS) is 22.7. The maximum atomic E-state index is 12.3. The predicted molar refractivity (Wildman–Crippen MR) is 164 cm³/mol. The summed E-state index contributed by atoms with van der Waals surface area (Å²) in [7, 11) is 0. The Balaban J connectivity index is 0.000000280. The SMILES string of the molecule is CC1(C)CC(N=Cc2ccccc2O)CC(C)(C)N1[O-].CC1(C)CC(N=Cc2ccccc2O)CC(C)(C)N1[O-].[Cu]. The van der Waals surface area contributed by atoms with Crippen LogP contribution in [0, 0.1) is 10.4 Å². The van der Waals surface area contributed by atoms with E-state index in [9.17, 15) is 20.6 Å². The van der Waals surface area contributed by atoms with Crippen molar-refractivity contribution < 1.29 is 27.3 Å². The molecule has 0 unspecified atom stereocenters. The van der Waals surface area contributed by atoms with Gasteiger partial charge in [0.05, 0.1) is 12.1 Å². The van der Waals surface area contributed by atoms with Gasteiger partial charge in [0.15, 0.2) is 0 Å². The Bertz CT molecular complexity index is 1080. The van der Waals surface area contributed by atoms with Gasteiger partial charge in [-0.3, -0.25) is 9.98 Å². The first-order valence-corrected chi connectivity index (χ1v) is 14.0. The number of benzene rings is 2. The molecule has 41 heavy (non-hydrogen) atoms. The monoisotopic (exact) mass is 613 g/mol. The maximum absolute atomic E-state index is 12.3. The van der Waals surface area contributed by atoms with E-state index in [0.29, 0.717) is 11.1 Å². The van der Waals surface area contributed by atoms with Crippen LogP contribution in [0.2, 0.25) is 0 Å². The van der Waals surface area contributed by atoms with Crippen molar-refractivity contribution in [1.82, 2.24) is 10.1 Å². The average molecular weight is 614 g/mol. The molecule has 0 saturated carbocycles. The molecule has 0 amide bonds. The van der Waals surface area contributed by atoms with Gasteiger partial charge in [0.2, 0.25) is 0 Å². The Hall–Kier alpha value is -2.26. The van der Waals surface area contributed by atoms with Gasteiger partial charge in [0, 0.05) is 62.8 Å². The molecule has 9 heteroatoms. The Kier molecular flexibility index (Phi) is 11.4. The largest absolute Gasteiger partial charge is 0.784 e. The number of hydrogen-bond donors (Lipinski definition) is 2. The van der Waals surface area contributed by atoms with E-state index in [1.807, 2.05) is 79.7 Å². The van der Waals surface area contributed by atoms with Gasteiger partial charge in [-0.15, -0.1) is 0 Å². The number of nitrogens with zero attached hydrogens (tertiary/aromatic N) is 4. The third-order valence-electron chi connectivity index (χ3n) is 7.86. The van der Waals surface area contributed by atoms with E-state index >= 15 is 0 Å². The van der Waals surface area contributed by atoms with Crippen LogP contribution in [0.3, 0.4) is 0 Å². The van der Waals surface area contributed by atoms with E-state index in [1.165, 1.54) is 10.1 Å². The van der Waals surface area contributed by atoms with Gasteiger partial charge in [-0.2, -0.15) is 0 Å². The summed E-state index contributed by atoms with van der Waals surface area (Å²) < 4.78 is 0. The first-order valence-electron chi connectivity index (χ1n) is 14.0. The van der Waals surface area contributed by atoms with Crippen LogP contribution in [-0.4, -0.2) is 67.0 Å². The van der Waals surface area contributed by atoms with Gasteiger partial charge in [-0.05, 0) is 105 Å². The molecule has 2 N–H and O–H groups in total. The van der Waals surface area contributed by atoms with E-state index in [2.05, 4.69) is 9.98 Å². The number of para-hydroxylation sites is 2. The fourth-order valence-corrected chi connectivity index (χ4v) is 6.20. The molecule has 2 heterocycles. The number of aliphatic imine (C=N–C) groups is 2. The van der Waals surface area contributed by atoms with Crippen molar-refractivity contribution in [1.29, 1.82) is 0 Å². The summed E-state index contributed by atoms with van der Waals surface area (Å²) in [5.41, 5.74) is -0.226. The van der Waals surface area contributed by atoms with Crippen molar-refractivity contribution >= 4 is 12.4 Å². The zero-order valence-electron chi connectivity index (χ0n) is 25.6. The van der Waals surface area contributed by atoms with Crippen molar-refractivity contribution in [2.24, 2.45) is 9.98 Å². The molecular weight excluding hydrogens is 568 g/mol. The molecule has 2 fully saturated rings. The number of hydroxylamine groups is 4. The van der Waals surface area contributed by atoms with Crippen molar-refractivity contribution in [2.75, 3.05) is 0 Å². The van der Waals surface area contributed by atoms with Crippen LogP contribution in [0.25, 0.3) is 0 Å². The molecule has 0 bridgehead atoms. The summed E-state index contributed by atoms with van der Waals surface area (Å²) in [6, 6.07) is 14.5. The van der Waals surface area contributed by atoms with Gasteiger partial charge in [-0.1, -0.05) is 24.3 Å². The van der Waals surface area contributed by atoms with Gasteiger partial charge >= 0.3 is 0 Å². The van der Waals surface area contributed by atoms with Crippen molar-refractivity contribution in [3.63, 3.8) is 0 Å². The fraction of sp³-hybridized carbons (Fsp3) is 0.562. The van der Waals surface area contributed by atoms with Gasteiger partial charge < -0.3 is 30.8 Å². The van der Waals surface area contributed by atoms with Gasteiger partial charge in [0.1, 0.15) is 11.5 Å². The standard InChI is InChI=1S/2C16H23N2O2.Cu/c2*1-15(2)9-13(10-16(3,4)18(15)20)17-11-12-7-5-6-8-14(12)19;/h2*5-8,11,13,19H,9-10H2,1-4H3;/q2*-1;. The van der Waals surface area contributed by atoms with Gasteiger partial charge in [0.25, 0.3) is 0 Å². The van der Waals surface area contributed by atoms with Crippen LogP contribution >= 0.6 is 0 Å². The number of phenols is 2. The smallest absolute Gasteiger partial charge is 0.124 e. The first kappa shape index (κ1) is 34.9. The minimum Gasteiger partial charge on any atom is -0.784 e. The van der Waals surface area contributed by atoms with E-state index in [0.717, 1.165) is 25.7 Å². The second-order valence-corrected chi connectivity index (χ2v) is 13.6. The molecule has 0 aliphatic carbocycles. The summed E-state index contributed by atoms with van der Waals surface area (Å²) in [4.78, 5) is 9.18. The van der Waals surface area contributed by atoms with Crippen LogP contribution in [0.15, 0.2) is 58.5 Å². The summed E-state index contributed by atoms with van der Waals surface area (Å²) in [6.45, 7) is 15.7. The first-order chi connectivity index (χ1) is 18.4. The molecular formula is C32H46CuN4O4-2. The topological polar surface area (TPSA) is 118 Å². The number of hydrogen-bond acceptors (Lipinski definition) is 8. The summed E-state index contributed by atoms with van der Waals surface area (Å²) in [5, 5.41) is 46.4. The van der Waals surface area contributed by atoms with Crippen LogP contribution in [0.4, 0.5) is 0 Å². The molecule has 2 aromatic carbocycles. The summed E-state index contributed by atoms with van der Waals surface area (Å²) in [5.74, 6) is 0.465. The predicted octanol–water partition coefficient (Wildman–Crippen LogP) is 6.66. The van der Waals surface area contributed by atoms with Crippen molar-refractivity contribution in [3.8, 4) is 11.5 Å². The fourth-order valence-electron chi connectivity index (χ4n) is 6.20. The molecule has 4 rings (SSSR count). The molecule has 0 atom stereocenters. The third-order valence-corrected chi connectivity index (χ3v) is 7.86. The Morgan fingerprint density at radius 3 is 1.15 bits per heavy atom. The molecule has 0 spiro atoms. The second kappa shape index (κ2) is 13.4. The van der Waals surface area contributed by atoms with Crippen LogP contribution in [-0.2, 0) is 17.1 Å². The molecule has 8 nitrogen and oxygen atoms in total. The molecule has 231 valence electrons. The number of rotatable bonds is 4. The van der Waals surface area contributed by atoms with Gasteiger partial charge in [-0.25, -0.2) is 0 Å². The van der Waals surface area contributed by atoms with Crippen LogP contribution in [0.1, 0.15) is 92.2 Å². The minimum atomic E-state index is -0.414. The maximum Gasteiger partial charge on any atom is 0.124 e. The van der Waals surface area contributed by atoms with Crippen LogP contribution in [0.5, 0.6) is 11.5 Å². The molecule has 2 saturated heterocycles. The Morgan fingerprint density at radius 2 is 0.878 bits per heavy atom.